The molecule has 1 unspecified atom stereocenters. The molecule has 0 fully saturated rings. The summed E-state index contributed by atoms with van der Waals surface area (Å²) in [4.78, 5) is 5.79. The number of halogens is 1. The lowest BCUT2D eigenvalue weighted by atomic mass is 10.1. The van der Waals surface area contributed by atoms with E-state index >= 15 is 0 Å². The van der Waals surface area contributed by atoms with E-state index in [4.69, 9.17) is 17.4 Å². The van der Waals surface area contributed by atoms with Gasteiger partial charge in [-0.1, -0.05) is 0 Å². The van der Waals surface area contributed by atoms with Gasteiger partial charge in [0.1, 0.15) is 0 Å². The first-order valence-corrected chi connectivity index (χ1v) is 6.47. The van der Waals surface area contributed by atoms with Gasteiger partial charge in [0.15, 0.2) is 0 Å². The molecular formula is C10H18ClN3S. The van der Waals surface area contributed by atoms with E-state index in [0.29, 0.717) is 5.88 Å². The van der Waals surface area contributed by atoms with Crippen LogP contribution in [0.3, 0.4) is 0 Å². The van der Waals surface area contributed by atoms with Crippen LogP contribution in [0.5, 0.6) is 0 Å². The molecule has 0 radical (unpaired) electrons. The van der Waals surface area contributed by atoms with Gasteiger partial charge in [-0.05, 0) is 26.7 Å². The predicted molar refractivity (Wildman–Crippen MR) is 66.4 cm³/mol. The third-order valence-corrected chi connectivity index (χ3v) is 3.78. The number of hydrazine groups is 1. The van der Waals surface area contributed by atoms with Crippen LogP contribution in [0, 0.1) is 13.8 Å². The summed E-state index contributed by atoms with van der Waals surface area (Å²) in [7, 11) is 0. The van der Waals surface area contributed by atoms with Crippen LogP contribution in [0.1, 0.15) is 28.4 Å². The maximum atomic E-state index is 5.65. The zero-order valence-electron chi connectivity index (χ0n) is 9.22. The molecule has 0 aliphatic carbocycles. The molecule has 0 aliphatic rings. The van der Waals surface area contributed by atoms with E-state index in [9.17, 15) is 0 Å². The Hall–Kier alpha value is -0.160. The second-order valence-corrected chi connectivity index (χ2v) is 5.31. The van der Waals surface area contributed by atoms with Crippen molar-refractivity contribution in [1.82, 2.24) is 10.4 Å². The lowest BCUT2D eigenvalue weighted by molar-refractivity contribution is 0.486. The van der Waals surface area contributed by atoms with E-state index in [0.717, 1.165) is 30.0 Å². The molecule has 15 heavy (non-hydrogen) atoms. The zero-order valence-corrected chi connectivity index (χ0v) is 10.8. The standard InChI is InChI=1S/C10H18ClN3S/c1-7-8(2)15-10(13-7)6-9(14-12)4-3-5-11/h9,14H,3-6,12H2,1-2H3. The zero-order chi connectivity index (χ0) is 11.3. The van der Waals surface area contributed by atoms with Crippen LogP contribution in [0.15, 0.2) is 0 Å². The smallest absolute Gasteiger partial charge is 0.0946 e. The monoisotopic (exact) mass is 247 g/mol. The molecule has 0 amide bonds. The van der Waals surface area contributed by atoms with Gasteiger partial charge in [-0.25, -0.2) is 4.98 Å². The number of aromatic nitrogens is 1. The van der Waals surface area contributed by atoms with Gasteiger partial charge >= 0.3 is 0 Å². The lowest BCUT2D eigenvalue weighted by Gasteiger charge is -2.12. The Morgan fingerprint density at radius 3 is 2.73 bits per heavy atom. The summed E-state index contributed by atoms with van der Waals surface area (Å²) in [6.07, 6.45) is 2.88. The number of nitrogens with one attached hydrogen (secondary N) is 1. The molecule has 1 rings (SSSR count). The van der Waals surface area contributed by atoms with Crippen molar-refractivity contribution in [2.75, 3.05) is 5.88 Å². The first kappa shape index (κ1) is 12.9. The minimum Gasteiger partial charge on any atom is -0.271 e. The molecular weight excluding hydrogens is 230 g/mol. The summed E-state index contributed by atoms with van der Waals surface area (Å²) in [6.45, 7) is 4.14. The van der Waals surface area contributed by atoms with Crippen molar-refractivity contribution in [1.29, 1.82) is 0 Å². The summed E-state index contributed by atoms with van der Waals surface area (Å²) in [5.74, 6) is 6.18. The molecule has 0 saturated carbocycles. The first-order chi connectivity index (χ1) is 7.17. The van der Waals surface area contributed by atoms with Gasteiger partial charge < -0.3 is 0 Å². The molecule has 0 aromatic carbocycles. The molecule has 1 aromatic heterocycles. The fourth-order valence-corrected chi connectivity index (χ4v) is 2.57. The second-order valence-electron chi connectivity index (χ2n) is 3.65. The van der Waals surface area contributed by atoms with Gasteiger partial charge in [0.25, 0.3) is 0 Å². The largest absolute Gasteiger partial charge is 0.271 e. The van der Waals surface area contributed by atoms with Crippen molar-refractivity contribution in [3.8, 4) is 0 Å². The van der Waals surface area contributed by atoms with E-state index in [1.54, 1.807) is 11.3 Å². The van der Waals surface area contributed by atoms with Gasteiger partial charge in [0.05, 0.1) is 10.7 Å². The Balaban J connectivity index is 2.50. The number of alkyl halides is 1. The molecule has 0 bridgehead atoms. The fourth-order valence-electron chi connectivity index (χ4n) is 1.41. The van der Waals surface area contributed by atoms with Crippen LogP contribution in [-0.2, 0) is 6.42 Å². The summed E-state index contributed by atoms with van der Waals surface area (Å²) in [6, 6.07) is 0.286. The van der Waals surface area contributed by atoms with Crippen molar-refractivity contribution in [3.05, 3.63) is 15.6 Å². The van der Waals surface area contributed by atoms with E-state index in [1.165, 1.54) is 4.88 Å². The van der Waals surface area contributed by atoms with Crippen LogP contribution in [0.4, 0.5) is 0 Å². The summed E-state index contributed by atoms with van der Waals surface area (Å²) < 4.78 is 0. The van der Waals surface area contributed by atoms with E-state index in [-0.39, 0.29) is 6.04 Å². The van der Waals surface area contributed by atoms with Gasteiger partial charge in [-0.15, -0.1) is 22.9 Å². The van der Waals surface area contributed by atoms with Gasteiger partial charge in [0.2, 0.25) is 0 Å². The third-order valence-electron chi connectivity index (χ3n) is 2.42. The molecule has 1 aromatic rings. The van der Waals surface area contributed by atoms with Crippen LogP contribution >= 0.6 is 22.9 Å². The van der Waals surface area contributed by atoms with Gasteiger partial charge in [0, 0.05) is 23.2 Å². The normalized spacial score (nSPS) is 13.1. The SMILES string of the molecule is Cc1nc(CC(CCCCl)NN)sc1C. The van der Waals surface area contributed by atoms with Crippen LogP contribution in [0.25, 0.3) is 0 Å². The van der Waals surface area contributed by atoms with Crippen molar-refractivity contribution in [2.45, 2.75) is 39.2 Å². The third kappa shape index (κ3) is 4.07. The molecule has 0 aliphatic heterocycles. The summed E-state index contributed by atoms with van der Waals surface area (Å²) in [5, 5.41) is 1.16. The van der Waals surface area contributed by atoms with Gasteiger partial charge in [-0.2, -0.15) is 0 Å². The molecule has 0 spiro atoms. The Morgan fingerprint density at radius 1 is 1.53 bits per heavy atom. The molecule has 3 N–H and O–H groups in total. The van der Waals surface area contributed by atoms with E-state index in [2.05, 4.69) is 17.3 Å². The van der Waals surface area contributed by atoms with Crippen molar-refractivity contribution < 1.29 is 0 Å². The second kappa shape index (κ2) is 6.43. The van der Waals surface area contributed by atoms with Gasteiger partial charge in [-0.3, -0.25) is 11.3 Å². The molecule has 86 valence electrons. The van der Waals surface area contributed by atoms with Crippen LogP contribution in [0.2, 0.25) is 0 Å². The minimum absolute atomic E-state index is 0.286. The number of nitrogens with two attached hydrogens (primary N) is 1. The topological polar surface area (TPSA) is 50.9 Å². The minimum atomic E-state index is 0.286. The number of nitrogens with zero attached hydrogens (tertiary/aromatic N) is 1. The Labute approximate surface area is 100 Å². The molecule has 3 nitrogen and oxygen atoms in total. The highest BCUT2D eigenvalue weighted by Gasteiger charge is 2.11. The average molecular weight is 248 g/mol. The van der Waals surface area contributed by atoms with Crippen LogP contribution < -0.4 is 11.3 Å². The van der Waals surface area contributed by atoms with E-state index < -0.39 is 0 Å². The van der Waals surface area contributed by atoms with Crippen molar-refractivity contribution in [2.24, 2.45) is 5.84 Å². The molecule has 1 heterocycles. The maximum absolute atomic E-state index is 5.65. The predicted octanol–water partition coefficient (Wildman–Crippen LogP) is 2.15. The average Bonchev–Trinajstić information content (AvgIpc) is 2.53. The molecule has 1 atom stereocenters. The summed E-state index contributed by atoms with van der Waals surface area (Å²) in [5.41, 5.74) is 3.95. The van der Waals surface area contributed by atoms with Crippen molar-refractivity contribution >= 4 is 22.9 Å². The quantitative estimate of drug-likeness (QED) is 0.460. The number of thiazole rings is 1. The molecule has 0 saturated heterocycles. The lowest BCUT2D eigenvalue weighted by Crippen LogP contribution is -2.36. The number of hydrogen-bond donors (Lipinski definition) is 2. The maximum Gasteiger partial charge on any atom is 0.0946 e. The van der Waals surface area contributed by atoms with Crippen molar-refractivity contribution in [3.63, 3.8) is 0 Å². The van der Waals surface area contributed by atoms with E-state index in [1.807, 2.05) is 6.92 Å². The highest BCUT2D eigenvalue weighted by molar-refractivity contribution is 7.11. The number of aryl methyl sites for hydroxylation is 2. The first-order valence-electron chi connectivity index (χ1n) is 5.12. The highest BCUT2D eigenvalue weighted by Crippen LogP contribution is 2.18. The van der Waals surface area contributed by atoms with Crippen LogP contribution in [-0.4, -0.2) is 16.9 Å². The fraction of sp³-hybridized carbons (Fsp3) is 0.700. The molecule has 5 heteroatoms. The highest BCUT2D eigenvalue weighted by atomic mass is 35.5. The Bertz CT molecular complexity index is 281. The number of rotatable bonds is 6. The Kier molecular flexibility index (Phi) is 5.53. The Morgan fingerprint density at radius 2 is 2.27 bits per heavy atom. The summed E-state index contributed by atoms with van der Waals surface area (Å²) >= 11 is 7.41. The number of hydrogen-bond acceptors (Lipinski definition) is 4.